The summed E-state index contributed by atoms with van der Waals surface area (Å²) < 4.78 is 0. The topological polar surface area (TPSA) is 26.0 Å². The summed E-state index contributed by atoms with van der Waals surface area (Å²) in [6.07, 6.45) is 3.63. The molecule has 0 aromatic carbocycles. The van der Waals surface area contributed by atoms with Gasteiger partial charge in [0.15, 0.2) is 0 Å². The zero-order chi connectivity index (χ0) is 13.4. The number of unbranched alkanes of at least 4 members (excludes halogenated alkanes) is 1. The van der Waals surface area contributed by atoms with Gasteiger partial charge in [0.25, 0.3) is 0 Å². The molecule has 0 fully saturated rings. The van der Waals surface area contributed by atoms with Gasteiger partial charge in [-0.2, -0.15) is 0 Å². The van der Waals surface area contributed by atoms with E-state index in [-0.39, 0.29) is 15.1 Å². The van der Waals surface area contributed by atoms with Crippen LogP contribution < -0.4 is 5.73 Å². The quantitative estimate of drug-likeness (QED) is 0.561. The fraction of sp³-hybridized carbons (Fsp3) is 0.692. The van der Waals surface area contributed by atoms with Crippen molar-refractivity contribution < 1.29 is 15.1 Å². The Bertz CT molecular complexity index is 298. The van der Waals surface area contributed by atoms with Crippen LogP contribution in [-0.2, 0) is 15.1 Å². The molecule has 0 amide bonds. The van der Waals surface area contributed by atoms with Crippen molar-refractivity contribution in [1.82, 2.24) is 0 Å². The van der Waals surface area contributed by atoms with Crippen LogP contribution in [0, 0.1) is 5.92 Å². The summed E-state index contributed by atoms with van der Waals surface area (Å²) in [5, 5.41) is 0. The van der Waals surface area contributed by atoms with Crippen LogP contribution in [0.25, 0.3) is 0 Å². The predicted octanol–water partition coefficient (Wildman–Crippen LogP) is 4.79. The minimum atomic E-state index is -0.226. The number of hydrogen-bond acceptors (Lipinski definition) is 1. The van der Waals surface area contributed by atoms with Crippen molar-refractivity contribution in [3.63, 3.8) is 0 Å². The monoisotopic (exact) mass is 366 g/mol. The van der Waals surface area contributed by atoms with Gasteiger partial charge >= 0.3 is 34.5 Å². The number of rotatable bonds is 4. The summed E-state index contributed by atoms with van der Waals surface area (Å²) in [5.74, 6) is 0.674. The minimum absolute atomic E-state index is 0.226. The van der Waals surface area contributed by atoms with Gasteiger partial charge in [0.2, 0.25) is 0 Å². The molecule has 0 saturated heterocycles. The average molecular weight is 367 g/mol. The van der Waals surface area contributed by atoms with E-state index in [4.69, 9.17) is 25.1 Å². The molecule has 0 saturated carbocycles. The number of nitrogens with two attached hydrogens (primary N) is 1. The number of hydrogen-bond donors (Lipinski definition) is 1. The third-order valence-corrected chi connectivity index (χ3v) is 3.71. The van der Waals surface area contributed by atoms with Crippen LogP contribution in [-0.4, -0.2) is 6.54 Å². The first kappa shape index (κ1) is 17.6. The Labute approximate surface area is 121 Å². The third kappa shape index (κ3) is 5.43. The summed E-state index contributed by atoms with van der Waals surface area (Å²) in [7, 11) is 9.67. The molecule has 1 atom stereocenters. The van der Waals surface area contributed by atoms with Crippen LogP contribution in [0.3, 0.4) is 0 Å². The molecule has 1 unspecified atom stereocenters. The van der Waals surface area contributed by atoms with Crippen molar-refractivity contribution in [3.05, 3.63) is 22.3 Å². The summed E-state index contributed by atoms with van der Waals surface area (Å²) >= 11 is -0.226. The van der Waals surface area contributed by atoms with Crippen molar-refractivity contribution in [2.75, 3.05) is 6.54 Å². The molecule has 0 aromatic heterocycles. The first-order valence-corrected chi connectivity index (χ1v) is 10.1. The molecule has 1 aliphatic carbocycles. The Kier molecular flexibility index (Phi) is 9.92. The van der Waals surface area contributed by atoms with Gasteiger partial charge in [-0.1, -0.05) is 18.1 Å². The molecule has 0 heterocycles. The van der Waals surface area contributed by atoms with Crippen molar-refractivity contribution in [2.45, 2.75) is 47.0 Å². The zero-order valence-electron chi connectivity index (χ0n) is 11.1. The molecule has 1 aliphatic rings. The average Bonchev–Trinajstić information content (AvgIpc) is 2.48. The molecule has 102 valence electrons. The summed E-state index contributed by atoms with van der Waals surface area (Å²) in [6, 6.07) is 0. The first-order chi connectivity index (χ1) is 8.01. The van der Waals surface area contributed by atoms with E-state index in [0.29, 0.717) is 5.92 Å². The summed E-state index contributed by atoms with van der Waals surface area (Å²) in [6.45, 7) is 9.93. The molecule has 4 heteroatoms. The van der Waals surface area contributed by atoms with Crippen LogP contribution in [0.2, 0.25) is 0 Å². The van der Waals surface area contributed by atoms with Gasteiger partial charge in [-0.25, -0.2) is 0 Å². The SMILES string of the molecule is CC1=C(C)C(C)C(CCCCN)=C1C.[Cl][Rh+][Cl]. The second kappa shape index (κ2) is 9.56. The van der Waals surface area contributed by atoms with E-state index >= 15 is 0 Å². The molecule has 0 aromatic rings. The molecule has 0 bridgehead atoms. The summed E-state index contributed by atoms with van der Waals surface area (Å²) in [4.78, 5) is 0. The van der Waals surface area contributed by atoms with Crippen LogP contribution in [0.5, 0.6) is 0 Å². The molecule has 17 heavy (non-hydrogen) atoms. The molecule has 1 nitrogen and oxygen atoms in total. The normalized spacial score (nSPS) is 19.8. The fourth-order valence-corrected chi connectivity index (χ4v) is 2.31. The second-order valence-corrected chi connectivity index (χ2v) is 6.96. The van der Waals surface area contributed by atoms with Crippen LogP contribution in [0.1, 0.15) is 47.0 Å². The Morgan fingerprint density at radius 3 is 2.00 bits per heavy atom. The van der Waals surface area contributed by atoms with Crippen molar-refractivity contribution in [1.29, 1.82) is 0 Å². The van der Waals surface area contributed by atoms with E-state index in [0.717, 1.165) is 13.0 Å². The van der Waals surface area contributed by atoms with Crippen LogP contribution in [0.15, 0.2) is 22.3 Å². The Morgan fingerprint density at radius 1 is 1.12 bits per heavy atom. The number of allylic oxidation sites excluding steroid dienone is 4. The van der Waals surface area contributed by atoms with Gasteiger partial charge in [0.05, 0.1) is 0 Å². The molecule has 0 aliphatic heterocycles. The van der Waals surface area contributed by atoms with E-state index in [1.165, 1.54) is 24.0 Å². The molecule has 0 spiro atoms. The predicted molar refractivity (Wildman–Crippen MR) is 74.8 cm³/mol. The standard InChI is InChI=1S/C13H23N.2ClH.Rh/c1-9-10(2)12(4)13(11(9)3)7-5-6-8-14;;;/h11H,5-8,14H2,1-4H3;2*1H;/q;;;+3/p-2. The van der Waals surface area contributed by atoms with Crippen LogP contribution >= 0.6 is 19.4 Å². The fourth-order valence-electron chi connectivity index (χ4n) is 2.31. The second-order valence-electron chi connectivity index (χ2n) is 4.47. The van der Waals surface area contributed by atoms with Gasteiger partial charge in [0, 0.05) is 0 Å². The van der Waals surface area contributed by atoms with Gasteiger partial charge in [-0.15, -0.1) is 0 Å². The van der Waals surface area contributed by atoms with E-state index in [1.807, 2.05) is 0 Å². The summed E-state index contributed by atoms with van der Waals surface area (Å²) in [5.41, 5.74) is 11.8. The molecule has 2 N–H and O–H groups in total. The maximum atomic E-state index is 5.51. The van der Waals surface area contributed by atoms with E-state index in [2.05, 4.69) is 27.7 Å². The third-order valence-electron chi connectivity index (χ3n) is 3.71. The van der Waals surface area contributed by atoms with Crippen molar-refractivity contribution >= 4 is 19.4 Å². The van der Waals surface area contributed by atoms with Gasteiger partial charge in [-0.3, -0.25) is 0 Å². The van der Waals surface area contributed by atoms with Gasteiger partial charge in [-0.05, 0) is 63.6 Å². The van der Waals surface area contributed by atoms with Crippen LogP contribution in [0.4, 0.5) is 0 Å². The Hall–Kier alpha value is 0.643. The van der Waals surface area contributed by atoms with Gasteiger partial charge in [0.1, 0.15) is 0 Å². The van der Waals surface area contributed by atoms with E-state index in [9.17, 15) is 0 Å². The molecule has 0 radical (unpaired) electrons. The molecular weight excluding hydrogens is 344 g/mol. The first-order valence-electron chi connectivity index (χ1n) is 5.92. The van der Waals surface area contributed by atoms with E-state index < -0.39 is 0 Å². The maximum absolute atomic E-state index is 5.51. The Balaban J connectivity index is 0.000000770. The van der Waals surface area contributed by atoms with Gasteiger partial charge < -0.3 is 5.73 Å². The number of halogens is 2. The van der Waals surface area contributed by atoms with Crippen molar-refractivity contribution in [3.8, 4) is 0 Å². The van der Waals surface area contributed by atoms with Crippen molar-refractivity contribution in [2.24, 2.45) is 11.7 Å². The molecular formula is C13H23Cl2NRh+. The van der Waals surface area contributed by atoms with E-state index in [1.54, 1.807) is 11.1 Å². The Morgan fingerprint density at radius 2 is 1.65 bits per heavy atom. The molecule has 1 rings (SSSR count). The zero-order valence-corrected chi connectivity index (χ0v) is 14.2.